The predicted octanol–water partition coefficient (Wildman–Crippen LogP) is 2.40. The van der Waals surface area contributed by atoms with Gasteiger partial charge in [0.1, 0.15) is 11.1 Å². The van der Waals surface area contributed by atoms with Gasteiger partial charge in [-0.3, -0.25) is 9.48 Å². The lowest BCUT2D eigenvalue weighted by Gasteiger charge is -2.01. The zero-order valence-corrected chi connectivity index (χ0v) is 12.2. The minimum Gasteiger partial charge on any atom is -0.311 e. The third-order valence-corrected chi connectivity index (χ3v) is 4.81. The molecule has 0 bridgehead atoms. The number of thiophene rings is 1. The van der Waals surface area contributed by atoms with Gasteiger partial charge in [0.2, 0.25) is 0 Å². The number of carbonyl (C=O) groups is 1. The Kier molecular flexibility index (Phi) is 3.07. The summed E-state index contributed by atoms with van der Waals surface area (Å²) in [5.41, 5.74) is 3.04. The number of anilines is 1. The van der Waals surface area contributed by atoms with Gasteiger partial charge in [-0.15, -0.1) is 11.3 Å². The summed E-state index contributed by atoms with van der Waals surface area (Å²) < 4.78 is 1.66. The fraction of sp³-hybridized carbons (Fsp3) is 0.357. The molecule has 2 aromatic heterocycles. The molecule has 3 rings (SSSR count). The SMILES string of the molecule is Cc1cc(C(=O)Nc2sc3c(c2C#N)CCC3)nn1C. The molecule has 0 fully saturated rings. The number of hydrogen-bond acceptors (Lipinski definition) is 4. The van der Waals surface area contributed by atoms with E-state index in [0.717, 1.165) is 30.5 Å². The zero-order valence-electron chi connectivity index (χ0n) is 11.4. The quantitative estimate of drug-likeness (QED) is 0.921. The lowest BCUT2D eigenvalue weighted by Crippen LogP contribution is -2.13. The molecule has 5 nitrogen and oxygen atoms in total. The van der Waals surface area contributed by atoms with Gasteiger partial charge in [-0.2, -0.15) is 10.4 Å². The molecular formula is C14H14N4OS. The Morgan fingerprint density at radius 2 is 2.35 bits per heavy atom. The molecule has 0 aromatic carbocycles. The van der Waals surface area contributed by atoms with E-state index >= 15 is 0 Å². The van der Waals surface area contributed by atoms with Gasteiger partial charge in [0.25, 0.3) is 5.91 Å². The van der Waals surface area contributed by atoms with Crippen LogP contribution in [0.25, 0.3) is 0 Å². The topological polar surface area (TPSA) is 70.7 Å². The van der Waals surface area contributed by atoms with Crippen LogP contribution in [0.1, 0.15) is 38.6 Å². The highest BCUT2D eigenvalue weighted by molar-refractivity contribution is 7.16. The van der Waals surface area contributed by atoms with Gasteiger partial charge in [0.15, 0.2) is 5.69 Å². The van der Waals surface area contributed by atoms with Crippen LogP contribution < -0.4 is 5.32 Å². The number of fused-ring (bicyclic) bond motifs is 1. The average Bonchev–Trinajstić information content (AvgIpc) is 3.05. The smallest absolute Gasteiger partial charge is 0.276 e. The van der Waals surface area contributed by atoms with Crippen LogP contribution in [-0.4, -0.2) is 15.7 Å². The highest BCUT2D eigenvalue weighted by Gasteiger charge is 2.23. The Hall–Kier alpha value is -2.13. The van der Waals surface area contributed by atoms with E-state index in [4.69, 9.17) is 0 Å². The molecule has 1 aliphatic carbocycles. The van der Waals surface area contributed by atoms with Crippen molar-refractivity contribution in [3.63, 3.8) is 0 Å². The van der Waals surface area contributed by atoms with Crippen molar-refractivity contribution in [2.45, 2.75) is 26.2 Å². The third kappa shape index (κ3) is 2.00. The molecule has 1 amide bonds. The summed E-state index contributed by atoms with van der Waals surface area (Å²) in [5, 5.41) is 16.9. The van der Waals surface area contributed by atoms with Crippen LogP contribution in [0.3, 0.4) is 0 Å². The van der Waals surface area contributed by atoms with Crippen molar-refractivity contribution in [1.29, 1.82) is 5.26 Å². The Morgan fingerprint density at radius 1 is 1.55 bits per heavy atom. The number of aryl methyl sites for hydroxylation is 3. The van der Waals surface area contributed by atoms with E-state index in [1.165, 1.54) is 16.2 Å². The third-order valence-electron chi connectivity index (χ3n) is 3.61. The van der Waals surface area contributed by atoms with Gasteiger partial charge in [-0.25, -0.2) is 0 Å². The van der Waals surface area contributed by atoms with Crippen LogP contribution in [0.5, 0.6) is 0 Å². The highest BCUT2D eigenvalue weighted by Crippen LogP contribution is 2.38. The Morgan fingerprint density at radius 3 is 3.00 bits per heavy atom. The molecule has 2 heterocycles. The predicted molar refractivity (Wildman–Crippen MR) is 77.0 cm³/mol. The molecule has 20 heavy (non-hydrogen) atoms. The number of hydrogen-bond donors (Lipinski definition) is 1. The molecular weight excluding hydrogens is 272 g/mol. The summed E-state index contributed by atoms with van der Waals surface area (Å²) in [7, 11) is 1.80. The van der Waals surface area contributed by atoms with Gasteiger partial charge in [0, 0.05) is 17.6 Å². The standard InChI is InChI=1S/C14H14N4OS/c1-8-6-11(17-18(8)2)13(19)16-14-10(7-15)9-4-3-5-12(9)20-14/h6H,3-5H2,1-2H3,(H,16,19). The van der Waals surface area contributed by atoms with Crippen LogP contribution in [0, 0.1) is 18.3 Å². The number of nitrogens with one attached hydrogen (secondary N) is 1. The van der Waals surface area contributed by atoms with E-state index in [1.54, 1.807) is 17.8 Å². The summed E-state index contributed by atoms with van der Waals surface area (Å²) in [4.78, 5) is 13.4. The van der Waals surface area contributed by atoms with E-state index in [1.807, 2.05) is 6.92 Å². The van der Waals surface area contributed by atoms with Gasteiger partial charge in [-0.05, 0) is 37.8 Å². The molecule has 0 radical (unpaired) electrons. The first-order chi connectivity index (χ1) is 9.60. The number of rotatable bonds is 2. The number of carbonyl (C=O) groups excluding carboxylic acids is 1. The summed E-state index contributed by atoms with van der Waals surface area (Å²) in [6.07, 6.45) is 3.05. The minimum atomic E-state index is -0.259. The fourth-order valence-corrected chi connectivity index (χ4v) is 3.68. The molecule has 2 aromatic rings. The van der Waals surface area contributed by atoms with Crippen LogP contribution in [0.15, 0.2) is 6.07 Å². The largest absolute Gasteiger partial charge is 0.311 e. The molecule has 0 saturated heterocycles. The number of amides is 1. The lowest BCUT2D eigenvalue weighted by atomic mass is 10.1. The van der Waals surface area contributed by atoms with Gasteiger partial charge in [0.05, 0.1) is 5.56 Å². The van der Waals surface area contributed by atoms with Crippen molar-refractivity contribution < 1.29 is 4.79 Å². The summed E-state index contributed by atoms with van der Waals surface area (Å²) >= 11 is 1.52. The summed E-state index contributed by atoms with van der Waals surface area (Å²) in [5.74, 6) is -0.259. The first-order valence-electron chi connectivity index (χ1n) is 6.46. The molecule has 1 aliphatic rings. The first kappa shape index (κ1) is 12.9. The molecule has 102 valence electrons. The number of nitriles is 1. The van der Waals surface area contributed by atoms with Gasteiger partial charge >= 0.3 is 0 Å². The second kappa shape index (κ2) is 4.76. The number of nitrogens with zero attached hydrogens (tertiary/aromatic N) is 3. The van der Waals surface area contributed by atoms with E-state index in [0.29, 0.717) is 16.3 Å². The molecule has 0 unspecified atom stereocenters. The molecule has 1 N–H and O–H groups in total. The molecule has 0 saturated carbocycles. The van der Waals surface area contributed by atoms with Gasteiger partial charge < -0.3 is 5.32 Å². The maximum Gasteiger partial charge on any atom is 0.276 e. The normalized spacial score (nSPS) is 13.1. The molecule has 0 atom stereocenters. The van der Waals surface area contributed by atoms with Crippen LogP contribution in [0.2, 0.25) is 0 Å². The van der Waals surface area contributed by atoms with Gasteiger partial charge in [-0.1, -0.05) is 0 Å². The fourth-order valence-electron chi connectivity index (χ4n) is 2.45. The first-order valence-corrected chi connectivity index (χ1v) is 7.28. The Bertz CT molecular complexity index is 716. The lowest BCUT2D eigenvalue weighted by molar-refractivity contribution is 0.102. The van der Waals surface area contributed by atoms with Crippen molar-refractivity contribution in [3.05, 3.63) is 33.5 Å². The molecule has 0 spiro atoms. The van der Waals surface area contributed by atoms with Crippen LogP contribution >= 0.6 is 11.3 Å². The molecule has 6 heteroatoms. The monoisotopic (exact) mass is 286 g/mol. The van der Waals surface area contributed by atoms with E-state index in [2.05, 4.69) is 16.5 Å². The maximum absolute atomic E-state index is 12.2. The van der Waals surface area contributed by atoms with Crippen LogP contribution in [0.4, 0.5) is 5.00 Å². The van der Waals surface area contributed by atoms with Crippen molar-refractivity contribution in [2.75, 3.05) is 5.32 Å². The summed E-state index contributed by atoms with van der Waals surface area (Å²) in [6, 6.07) is 3.96. The Labute approximate surface area is 120 Å². The second-order valence-electron chi connectivity index (χ2n) is 4.92. The van der Waals surface area contributed by atoms with E-state index < -0.39 is 0 Å². The maximum atomic E-state index is 12.2. The minimum absolute atomic E-state index is 0.259. The van der Waals surface area contributed by atoms with Crippen molar-refractivity contribution in [3.8, 4) is 6.07 Å². The molecule has 0 aliphatic heterocycles. The van der Waals surface area contributed by atoms with E-state index in [9.17, 15) is 10.1 Å². The summed E-state index contributed by atoms with van der Waals surface area (Å²) in [6.45, 7) is 1.89. The van der Waals surface area contributed by atoms with Crippen molar-refractivity contribution in [1.82, 2.24) is 9.78 Å². The highest BCUT2D eigenvalue weighted by atomic mass is 32.1. The zero-order chi connectivity index (χ0) is 14.3. The van der Waals surface area contributed by atoms with E-state index in [-0.39, 0.29) is 5.91 Å². The average molecular weight is 286 g/mol. The Balaban J connectivity index is 1.89. The van der Waals surface area contributed by atoms with Crippen molar-refractivity contribution >= 4 is 22.2 Å². The number of aromatic nitrogens is 2. The second-order valence-corrected chi connectivity index (χ2v) is 6.03. The van der Waals surface area contributed by atoms with Crippen LogP contribution in [-0.2, 0) is 19.9 Å². The van der Waals surface area contributed by atoms with Crippen molar-refractivity contribution in [2.24, 2.45) is 7.05 Å².